The minimum Gasteiger partial charge on any atom is -0.317 e. The normalized spacial score (nSPS) is 20.1. The topological polar surface area (TPSA) is 18.5 Å². The lowest BCUT2D eigenvalue weighted by Gasteiger charge is -2.40. The predicted molar refractivity (Wildman–Crippen MR) is 75.5 cm³/mol. The van der Waals surface area contributed by atoms with E-state index in [4.69, 9.17) is 0 Å². The van der Waals surface area contributed by atoms with Crippen molar-refractivity contribution in [1.29, 1.82) is 0 Å². The Morgan fingerprint density at radius 2 is 1.71 bits per heavy atom. The van der Waals surface area contributed by atoms with Gasteiger partial charge in [0.05, 0.1) is 0 Å². The third-order valence-electron chi connectivity index (χ3n) is 4.16. The van der Waals surface area contributed by atoms with Gasteiger partial charge in [0.2, 0.25) is 0 Å². The van der Waals surface area contributed by atoms with Gasteiger partial charge in [0.25, 0.3) is 0 Å². The molecular formula is C14H31N3. The lowest BCUT2D eigenvalue weighted by Crippen LogP contribution is -2.43. The molecule has 0 atom stereocenters. The fraction of sp³-hybridized carbons (Fsp3) is 1.00. The second-order valence-electron chi connectivity index (χ2n) is 6.00. The van der Waals surface area contributed by atoms with Crippen molar-refractivity contribution in [3.8, 4) is 0 Å². The number of rotatable bonds is 7. The third kappa shape index (κ3) is 5.36. The molecule has 17 heavy (non-hydrogen) atoms. The SMILES string of the molecule is CCC1(CN(C)CCCN(C)C)CCNCC1. The van der Waals surface area contributed by atoms with Crippen LogP contribution >= 0.6 is 0 Å². The molecule has 1 rings (SSSR count). The molecule has 1 N–H and O–H groups in total. The summed E-state index contributed by atoms with van der Waals surface area (Å²) in [4.78, 5) is 4.81. The minimum absolute atomic E-state index is 0.581. The van der Waals surface area contributed by atoms with E-state index in [1.807, 2.05) is 0 Å². The van der Waals surface area contributed by atoms with E-state index < -0.39 is 0 Å². The smallest absolute Gasteiger partial charge is 0.00358 e. The molecule has 0 radical (unpaired) electrons. The van der Waals surface area contributed by atoms with E-state index in [1.165, 1.54) is 58.4 Å². The van der Waals surface area contributed by atoms with Gasteiger partial charge in [-0.25, -0.2) is 0 Å². The summed E-state index contributed by atoms with van der Waals surface area (Å²) in [5.74, 6) is 0. The molecule has 0 saturated carbocycles. The van der Waals surface area contributed by atoms with Gasteiger partial charge >= 0.3 is 0 Å². The Hall–Kier alpha value is -0.120. The first kappa shape index (κ1) is 14.9. The van der Waals surface area contributed by atoms with Gasteiger partial charge in [0, 0.05) is 6.54 Å². The van der Waals surface area contributed by atoms with Crippen LogP contribution in [0.4, 0.5) is 0 Å². The van der Waals surface area contributed by atoms with Gasteiger partial charge in [0.15, 0.2) is 0 Å². The van der Waals surface area contributed by atoms with Crippen LogP contribution in [-0.4, -0.2) is 63.7 Å². The van der Waals surface area contributed by atoms with Crippen LogP contribution in [0.1, 0.15) is 32.6 Å². The summed E-state index contributed by atoms with van der Waals surface area (Å²) in [6, 6.07) is 0. The third-order valence-corrected chi connectivity index (χ3v) is 4.16. The second-order valence-corrected chi connectivity index (χ2v) is 6.00. The van der Waals surface area contributed by atoms with Gasteiger partial charge in [-0.1, -0.05) is 6.92 Å². The molecule has 0 aromatic rings. The van der Waals surface area contributed by atoms with Gasteiger partial charge in [-0.15, -0.1) is 0 Å². The van der Waals surface area contributed by atoms with Crippen LogP contribution in [0.15, 0.2) is 0 Å². The van der Waals surface area contributed by atoms with Crippen molar-refractivity contribution in [3.05, 3.63) is 0 Å². The van der Waals surface area contributed by atoms with Crippen LogP contribution in [0.3, 0.4) is 0 Å². The van der Waals surface area contributed by atoms with Crippen LogP contribution in [-0.2, 0) is 0 Å². The zero-order chi connectivity index (χ0) is 12.7. The number of hydrogen-bond acceptors (Lipinski definition) is 3. The molecular weight excluding hydrogens is 210 g/mol. The van der Waals surface area contributed by atoms with Crippen LogP contribution < -0.4 is 5.32 Å². The quantitative estimate of drug-likeness (QED) is 0.731. The van der Waals surface area contributed by atoms with E-state index in [2.05, 4.69) is 43.2 Å². The second kappa shape index (κ2) is 7.34. The van der Waals surface area contributed by atoms with E-state index in [9.17, 15) is 0 Å². The highest BCUT2D eigenvalue weighted by molar-refractivity contribution is 4.85. The van der Waals surface area contributed by atoms with E-state index in [0.717, 1.165) is 0 Å². The Labute approximate surface area is 108 Å². The summed E-state index contributed by atoms with van der Waals surface area (Å²) in [5, 5.41) is 3.48. The minimum atomic E-state index is 0.581. The highest BCUT2D eigenvalue weighted by Crippen LogP contribution is 2.33. The lowest BCUT2D eigenvalue weighted by atomic mass is 9.76. The van der Waals surface area contributed by atoms with Crippen LogP contribution in [0.2, 0.25) is 0 Å². The molecule has 0 bridgehead atoms. The van der Waals surface area contributed by atoms with E-state index in [0.29, 0.717) is 5.41 Å². The molecule has 102 valence electrons. The molecule has 0 aromatic heterocycles. The summed E-state index contributed by atoms with van der Waals surface area (Å²) in [5.41, 5.74) is 0.581. The van der Waals surface area contributed by atoms with Gasteiger partial charge in [-0.2, -0.15) is 0 Å². The molecule has 0 unspecified atom stereocenters. The van der Waals surface area contributed by atoms with Crippen molar-refractivity contribution >= 4 is 0 Å². The molecule has 0 aliphatic carbocycles. The largest absolute Gasteiger partial charge is 0.317 e. The van der Waals surface area contributed by atoms with Crippen LogP contribution in [0.25, 0.3) is 0 Å². The maximum atomic E-state index is 3.48. The highest BCUT2D eigenvalue weighted by Gasteiger charge is 2.30. The highest BCUT2D eigenvalue weighted by atomic mass is 15.1. The molecule has 3 nitrogen and oxygen atoms in total. The molecule has 3 heteroatoms. The van der Waals surface area contributed by atoms with Gasteiger partial charge in [0.1, 0.15) is 0 Å². The molecule has 0 aromatic carbocycles. The zero-order valence-corrected chi connectivity index (χ0v) is 12.3. The molecule has 1 heterocycles. The van der Waals surface area contributed by atoms with Crippen molar-refractivity contribution < 1.29 is 0 Å². The molecule has 1 saturated heterocycles. The molecule has 1 aliphatic heterocycles. The first-order valence-electron chi connectivity index (χ1n) is 7.12. The number of nitrogens with one attached hydrogen (secondary N) is 1. The van der Waals surface area contributed by atoms with Gasteiger partial charge in [-0.05, 0) is 78.4 Å². The van der Waals surface area contributed by atoms with Crippen molar-refractivity contribution in [2.45, 2.75) is 32.6 Å². The fourth-order valence-corrected chi connectivity index (χ4v) is 2.89. The maximum Gasteiger partial charge on any atom is 0.00358 e. The number of hydrogen-bond donors (Lipinski definition) is 1. The molecule has 0 spiro atoms. The van der Waals surface area contributed by atoms with Gasteiger partial charge in [-0.3, -0.25) is 0 Å². The monoisotopic (exact) mass is 241 g/mol. The Kier molecular flexibility index (Phi) is 6.45. The zero-order valence-electron chi connectivity index (χ0n) is 12.3. The summed E-state index contributed by atoms with van der Waals surface area (Å²) < 4.78 is 0. The van der Waals surface area contributed by atoms with Crippen molar-refractivity contribution in [3.63, 3.8) is 0 Å². The Morgan fingerprint density at radius 1 is 1.06 bits per heavy atom. The first-order valence-corrected chi connectivity index (χ1v) is 7.12. The van der Waals surface area contributed by atoms with E-state index >= 15 is 0 Å². The average Bonchev–Trinajstić information content (AvgIpc) is 2.29. The maximum absolute atomic E-state index is 3.48. The molecule has 1 aliphatic rings. The summed E-state index contributed by atoms with van der Waals surface area (Å²) in [7, 11) is 6.59. The Bertz CT molecular complexity index is 198. The Balaban J connectivity index is 2.29. The predicted octanol–water partition coefficient (Wildman–Crippen LogP) is 1.65. The van der Waals surface area contributed by atoms with Gasteiger partial charge < -0.3 is 15.1 Å². The average molecular weight is 241 g/mol. The summed E-state index contributed by atoms with van der Waals surface area (Å²) in [6.07, 6.45) is 5.30. The lowest BCUT2D eigenvalue weighted by molar-refractivity contribution is 0.120. The van der Waals surface area contributed by atoms with E-state index in [1.54, 1.807) is 0 Å². The summed E-state index contributed by atoms with van der Waals surface area (Å²) >= 11 is 0. The van der Waals surface area contributed by atoms with Crippen molar-refractivity contribution in [2.24, 2.45) is 5.41 Å². The standard InChI is InChI=1S/C14H31N3/c1-5-14(7-9-15-10-8-14)13-17(4)12-6-11-16(2)3/h15H,5-13H2,1-4H3. The number of piperidine rings is 1. The first-order chi connectivity index (χ1) is 8.08. The fourth-order valence-electron chi connectivity index (χ4n) is 2.89. The van der Waals surface area contributed by atoms with Crippen LogP contribution in [0.5, 0.6) is 0 Å². The van der Waals surface area contributed by atoms with Crippen molar-refractivity contribution in [2.75, 3.05) is 53.9 Å². The molecule has 0 amide bonds. The number of nitrogens with zero attached hydrogens (tertiary/aromatic N) is 2. The van der Waals surface area contributed by atoms with Crippen molar-refractivity contribution in [1.82, 2.24) is 15.1 Å². The molecule has 1 fully saturated rings. The Morgan fingerprint density at radius 3 is 2.24 bits per heavy atom. The summed E-state index contributed by atoms with van der Waals surface area (Å²) in [6.45, 7) is 8.48. The van der Waals surface area contributed by atoms with Crippen LogP contribution in [0, 0.1) is 5.41 Å². The van der Waals surface area contributed by atoms with E-state index in [-0.39, 0.29) is 0 Å².